The van der Waals surface area contributed by atoms with Crippen LogP contribution in [0.25, 0.3) is 0 Å². The highest BCUT2D eigenvalue weighted by Crippen LogP contribution is 2.21. The van der Waals surface area contributed by atoms with Crippen LogP contribution in [0.5, 0.6) is 17.2 Å². The van der Waals surface area contributed by atoms with E-state index in [4.69, 9.17) is 14.2 Å². The maximum atomic E-state index is 12.4. The van der Waals surface area contributed by atoms with Crippen molar-refractivity contribution in [2.24, 2.45) is 0 Å². The summed E-state index contributed by atoms with van der Waals surface area (Å²) in [5.41, 5.74) is 0.696. The third kappa shape index (κ3) is 5.20. The number of benzene rings is 3. The van der Waals surface area contributed by atoms with Crippen LogP contribution in [0.1, 0.15) is 27.6 Å². The molecular formula is C23H20O5. The molecule has 0 aliphatic heterocycles. The monoisotopic (exact) mass is 376 g/mol. The molecule has 5 heteroatoms. The van der Waals surface area contributed by atoms with Crippen molar-refractivity contribution in [3.8, 4) is 17.2 Å². The quantitative estimate of drug-likeness (QED) is 0.249. The lowest BCUT2D eigenvalue weighted by Crippen LogP contribution is -2.12. The maximum absolute atomic E-state index is 12.4. The van der Waals surface area contributed by atoms with E-state index in [1.165, 1.54) is 6.92 Å². The number of ketones is 1. The van der Waals surface area contributed by atoms with E-state index in [1.807, 2.05) is 30.3 Å². The second-order valence-electron chi connectivity index (χ2n) is 5.98. The Morgan fingerprint density at radius 1 is 0.750 bits per heavy atom. The summed E-state index contributed by atoms with van der Waals surface area (Å²) in [6.45, 7) is 2.14. The summed E-state index contributed by atoms with van der Waals surface area (Å²) in [7, 11) is 0. The molecule has 0 aliphatic rings. The fraction of sp³-hybridized carbons (Fsp3) is 0.130. The van der Waals surface area contributed by atoms with Crippen molar-refractivity contribution in [1.82, 2.24) is 0 Å². The van der Waals surface area contributed by atoms with Gasteiger partial charge in [0.05, 0.1) is 11.1 Å². The second kappa shape index (κ2) is 9.37. The van der Waals surface area contributed by atoms with E-state index in [2.05, 4.69) is 0 Å². The standard InChI is InChI=1S/C23H20O5/c1-17(24)21-12-5-6-13-22(21)28-23(25)18-8-7-11-20(16-18)27-15-14-26-19-9-3-2-4-10-19/h2-13,16H,14-15H2,1H3. The first kappa shape index (κ1) is 19.2. The zero-order valence-corrected chi connectivity index (χ0v) is 15.5. The van der Waals surface area contributed by atoms with E-state index in [1.54, 1.807) is 48.5 Å². The lowest BCUT2D eigenvalue weighted by atomic mass is 10.1. The van der Waals surface area contributed by atoms with Gasteiger partial charge in [0.15, 0.2) is 5.78 Å². The van der Waals surface area contributed by atoms with Crippen LogP contribution < -0.4 is 14.2 Å². The van der Waals surface area contributed by atoms with Crippen molar-refractivity contribution in [3.63, 3.8) is 0 Å². The molecule has 0 heterocycles. The zero-order valence-electron chi connectivity index (χ0n) is 15.5. The molecule has 3 aromatic rings. The third-order valence-electron chi connectivity index (χ3n) is 3.90. The molecule has 0 N–H and O–H groups in total. The van der Waals surface area contributed by atoms with Gasteiger partial charge in [-0.3, -0.25) is 4.79 Å². The third-order valence-corrected chi connectivity index (χ3v) is 3.90. The Labute approximate surface area is 163 Å². The molecule has 0 saturated heterocycles. The van der Waals surface area contributed by atoms with Gasteiger partial charge in [0, 0.05) is 0 Å². The number of rotatable bonds is 8. The molecule has 0 unspecified atom stereocenters. The number of carbonyl (C=O) groups is 2. The Bertz CT molecular complexity index is 950. The van der Waals surface area contributed by atoms with E-state index in [9.17, 15) is 9.59 Å². The summed E-state index contributed by atoms with van der Waals surface area (Å²) in [6, 6.07) is 22.8. The highest BCUT2D eigenvalue weighted by Gasteiger charge is 2.14. The molecule has 3 aromatic carbocycles. The minimum atomic E-state index is -0.556. The molecule has 0 atom stereocenters. The van der Waals surface area contributed by atoms with E-state index >= 15 is 0 Å². The Kier molecular flexibility index (Phi) is 6.41. The molecule has 0 amide bonds. The smallest absolute Gasteiger partial charge is 0.343 e. The molecular weight excluding hydrogens is 356 g/mol. The van der Waals surface area contributed by atoms with Gasteiger partial charge in [-0.1, -0.05) is 36.4 Å². The normalized spacial score (nSPS) is 10.2. The summed E-state index contributed by atoms with van der Waals surface area (Å²) in [6.07, 6.45) is 0. The van der Waals surface area contributed by atoms with Gasteiger partial charge < -0.3 is 14.2 Å². The predicted molar refractivity (Wildman–Crippen MR) is 105 cm³/mol. The number of ether oxygens (including phenoxy) is 3. The van der Waals surface area contributed by atoms with Crippen LogP contribution in [0.4, 0.5) is 0 Å². The van der Waals surface area contributed by atoms with Gasteiger partial charge in [0.25, 0.3) is 0 Å². The second-order valence-corrected chi connectivity index (χ2v) is 5.98. The summed E-state index contributed by atoms with van der Waals surface area (Å²) < 4.78 is 16.6. The van der Waals surface area contributed by atoms with E-state index in [-0.39, 0.29) is 11.5 Å². The first-order valence-electron chi connectivity index (χ1n) is 8.86. The molecule has 0 aromatic heterocycles. The predicted octanol–water partition coefficient (Wildman–Crippen LogP) is 4.57. The SMILES string of the molecule is CC(=O)c1ccccc1OC(=O)c1cccc(OCCOc2ccccc2)c1. The van der Waals surface area contributed by atoms with Crippen molar-refractivity contribution >= 4 is 11.8 Å². The van der Waals surface area contributed by atoms with Gasteiger partial charge in [0.1, 0.15) is 30.5 Å². The number of Topliss-reactive ketones (excluding diaryl/α,β-unsaturated/α-hetero) is 1. The zero-order chi connectivity index (χ0) is 19.8. The molecule has 0 radical (unpaired) electrons. The van der Waals surface area contributed by atoms with Crippen molar-refractivity contribution in [2.45, 2.75) is 6.92 Å². The van der Waals surface area contributed by atoms with Gasteiger partial charge in [-0.2, -0.15) is 0 Å². The minimum Gasteiger partial charge on any atom is -0.490 e. The van der Waals surface area contributed by atoms with Crippen LogP contribution >= 0.6 is 0 Å². The number of carbonyl (C=O) groups excluding carboxylic acids is 2. The summed E-state index contributed by atoms with van der Waals surface area (Å²) in [5.74, 6) is 0.819. The van der Waals surface area contributed by atoms with E-state index in [0.717, 1.165) is 5.75 Å². The lowest BCUT2D eigenvalue weighted by molar-refractivity contribution is 0.0732. The van der Waals surface area contributed by atoms with Crippen LogP contribution in [-0.4, -0.2) is 25.0 Å². The van der Waals surface area contributed by atoms with Gasteiger partial charge in [-0.15, -0.1) is 0 Å². The first-order chi connectivity index (χ1) is 13.6. The molecule has 0 bridgehead atoms. The van der Waals surface area contributed by atoms with Gasteiger partial charge in [-0.05, 0) is 49.4 Å². The van der Waals surface area contributed by atoms with Crippen LogP contribution in [0.2, 0.25) is 0 Å². The summed E-state index contributed by atoms with van der Waals surface area (Å²) >= 11 is 0. The average Bonchev–Trinajstić information content (AvgIpc) is 2.72. The molecule has 0 saturated carbocycles. The van der Waals surface area contributed by atoms with E-state index in [0.29, 0.717) is 30.1 Å². The molecule has 28 heavy (non-hydrogen) atoms. The van der Waals surface area contributed by atoms with Crippen LogP contribution in [0.15, 0.2) is 78.9 Å². The van der Waals surface area contributed by atoms with Crippen molar-refractivity contribution in [1.29, 1.82) is 0 Å². The van der Waals surface area contributed by atoms with Crippen molar-refractivity contribution < 1.29 is 23.8 Å². The van der Waals surface area contributed by atoms with Crippen molar-refractivity contribution in [2.75, 3.05) is 13.2 Å². The molecule has 3 rings (SSSR count). The summed E-state index contributed by atoms with van der Waals surface area (Å²) in [4.78, 5) is 24.1. The largest absolute Gasteiger partial charge is 0.490 e. The lowest BCUT2D eigenvalue weighted by Gasteiger charge is -2.10. The minimum absolute atomic E-state index is 0.168. The highest BCUT2D eigenvalue weighted by atomic mass is 16.5. The van der Waals surface area contributed by atoms with E-state index < -0.39 is 5.97 Å². The molecule has 5 nitrogen and oxygen atoms in total. The van der Waals surface area contributed by atoms with Crippen LogP contribution in [-0.2, 0) is 0 Å². The van der Waals surface area contributed by atoms with Crippen molar-refractivity contribution in [3.05, 3.63) is 90.0 Å². The number of esters is 1. The topological polar surface area (TPSA) is 61.8 Å². The number of para-hydroxylation sites is 2. The molecule has 0 aliphatic carbocycles. The van der Waals surface area contributed by atoms with Crippen LogP contribution in [0.3, 0.4) is 0 Å². The molecule has 0 spiro atoms. The highest BCUT2D eigenvalue weighted by molar-refractivity contribution is 5.99. The Morgan fingerprint density at radius 2 is 1.39 bits per heavy atom. The summed E-state index contributed by atoms with van der Waals surface area (Å²) in [5, 5.41) is 0. The van der Waals surface area contributed by atoms with Gasteiger partial charge in [0.2, 0.25) is 0 Å². The number of hydrogen-bond donors (Lipinski definition) is 0. The van der Waals surface area contributed by atoms with Gasteiger partial charge >= 0.3 is 5.97 Å². The maximum Gasteiger partial charge on any atom is 0.343 e. The number of hydrogen-bond acceptors (Lipinski definition) is 5. The fourth-order valence-electron chi connectivity index (χ4n) is 2.55. The Morgan fingerprint density at radius 3 is 2.14 bits per heavy atom. The molecule has 142 valence electrons. The Hall–Kier alpha value is -3.60. The molecule has 0 fully saturated rings. The first-order valence-corrected chi connectivity index (χ1v) is 8.86. The van der Waals surface area contributed by atoms with Gasteiger partial charge in [-0.25, -0.2) is 4.79 Å². The Balaban J connectivity index is 1.58. The average molecular weight is 376 g/mol. The van der Waals surface area contributed by atoms with Crippen LogP contribution in [0, 0.1) is 0 Å². The fourth-order valence-corrected chi connectivity index (χ4v) is 2.55.